The highest BCUT2D eigenvalue weighted by Crippen LogP contribution is 2.42. The van der Waals surface area contributed by atoms with Crippen molar-refractivity contribution in [2.75, 3.05) is 11.9 Å². The lowest BCUT2D eigenvalue weighted by Crippen LogP contribution is -2.31. The SMILES string of the molecule is C1=CC2(Nc3cc(C4CC4)[nH]n3)CN2C(c2cccs2)=N1. The highest BCUT2D eigenvalue weighted by molar-refractivity contribution is 7.12. The molecule has 1 atom stereocenters. The zero-order valence-corrected chi connectivity index (χ0v) is 12.2. The molecule has 1 aliphatic carbocycles. The van der Waals surface area contributed by atoms with Crippen LogP contribution < -0.4 is 5.32 Å². The first-order chi connectivity index (χ1) is 10.3. The van der Waals surface area contributed by atoms with Crippen molar-refractivity contribution < 1.29 is 0 Å². The number of aliphatic imine (C=N–C) groups is 1. The first-order valence-corrected chi connectivity index (χ1v) is 8.13. The fourth-order valence-electron chi connectivity index (χ4n) is 2.89. The number of rotatable bonds is 4. The van der Waals surface area contributed by atoms with Gasteiger partial charge in [-0.2, -0.15) is 5.10 Å². The quantitative estimate of drug-likeness (QED) is 0.853. The van der Waals surface area contributed by atoms with Crippen LogP contribution in [-0.2, 0) is 0 Å². The Kier molecular flexibility index (Phi) is 2.19. The molecule has 5 nitrogen and oxygen atoms in total. The van der Waals surface area contributed by atoms with Gasteiger partial charge in [0.05, 0.1) is 11.4 Å². The van der Waals surface area contributed by atoms with Gasteiger partial charge in [-0.1, -0.05) is 6.07 Å². The van der Waals surface area contributed by atoms with Crippen LogP contribution in [0.25, 0.3) is 0 Å². The number of hydrogen-bond acceptors (Lipinski definition) is 5. The molecule has 2 aromatic heterocycles. The molecule has 2 aromatic rings. The Morgan fingerprint density at radius 3 is 3.19 bits per heavy atom. The Bertz CT molecular complexity index is 740. The summed E-state index contributed by atoms with van der Waals surface area (Å²) in [7, 11) is 0. The molecule has 2 fully saturated rings. The number of anilines is 1. The van der Waals surface area contributed by atoms with Crippen molar-refractivity contribution >= 4 is 23.0 Å². The van der Waals surface area contributed by atoms with Crippen LogP contribution in [0, 0.1) is 0 Å². The summed E-state index contributed by atoms with van der Waals surface area (Å²) >= 11 is 1.73. The fraction of sp³-hybridized carbons (Fsp3) is 0.333. The summed E-state index contributed by atoms with van der Waals surface area (Å²) in [6.45, 7) is 0.936. The minimum Gasteiger partial charge on any atom is -0.341 e. The van der Waals surface area contributed by atoms with Crippen LogP contribution >= 0.6 is 11.3 Å². The maximum absolute atomic E-state index is 4.53. The van der Waals surface area contributed by atoms with Crippen molar-refractivity contribution in [3.05, 3.63) is 46.4 Å². The first-order valence-electron chi connectivity index (χ1n) is 7.25. The summed E-state index contributed by atoms with van der Waals surface area (Å²) in [5.74, 6) is 2.68. The van der Waals surface area contributed by atoms with Crippen molar-refractivity contribution in [3.63, 3.8) is 0 Å². The van der Waals surface area contributed by atoms with Gasteiger partial charge in [0.15, 0.2) is 5.66 Å². The molecular formula is C15H15N5S. The molecule has 1 saturated heterocycles. The van der Waals surface area contributed by atoms with E-state index in [9.17, 15) is 0 Å². The normalized spacial score (nSPS) is 26.5. The maximum atomic E-state index is 4.53. The third kappa shape index (κ3) is 1.82. The topological polar surface area (TPSA) is 56.1 Å². The molecule has 21 heavy (non-hydrogen) atoms. The molecule has 2 aliphatic heterocycles. The molecule has 6 heteroatoms. The third-order valence-corrected chi connectivity index (χ3v) is 5.15. The second-order valence-electron chi connectivity index (χ2n) is 5.86. The number of fused-ring (bicyclic) bond motifs is 1. The van der Waals surface area contributed by atoms with Crippen LogP contribution in [-0.4, -0.2) is 33.1 Å². The van der Waals surface area contributed by atoms with Crippen molar-refractivity contribution in [1.82, 2.24) is 15.1 Å². The Morgan fingerprint density at radius 1 is 1.43 bits per heavy atom. The number of aromatic nitrogens is 2. The summed E-state index contributed by atoms with van der Waals surface area (Å²) in [5, 5.41) is 13.2. The number of thiophene rings is 1. The van der Waals surface area contributed by atoms with E-state index < -0.39 is 0 Å². The van der Waals surface area contributed by atoms with Crippen LogP contribution in [0.15, 0.2) is 40.8 Å². The molecule has 0 aromatic carbocycles. The minimum atomic E-state index is -0.142. The van der Waals surface area contributed by atoms with Gasteiger partial charge in [0.25, 0.3) is 0 Å². The molecule has 1 saturated carbocycles. The monoisotopic (exact) mass is 297 g/mol. The van der Waals surface area contributed by atoms with E-state index in [-0.39, 0.29) is 5.66 Å². The van der Waals surface area contributed by atoms with E-state index in [0.29, 0.717) is 5.92 Å². The Balaban J connectivity index is 1.38. The average Bonchev–Trinajstić information content (AvgIpc) is 3.34. The van der Waals surface area contributed by atoms with E-state index in [1.54, 1.807) is 11.3 Å². The number of H-pyrrole nitrogens is 1. The number of aromatic amines is 1. The smallest absolute Gasteiger partial charge is 0.152 e. The lowest BCUT2D eigenvalue weighted by atomic mass is 10.2. The minimum absolute atomic E-state index is 0.142. The predicted molar refractivity (Wildman–Crippen MR) is 83.6 cm³/mol. The molecule has 106 valence electrons. The van der Waals surface area contributed by atoms with E-state index in [1.165, 1.54) is 23.4 Å². The van der Waals surface area contributed by atoms with Crippen LogP contribution in [0.2, 0.25) is 0 Å². The van der Waals surface area contributed by atoms with Gasteiger partial charge < -0.3 is 10.2 Å². The highest BCUT2D eigenvalue weighted by Gasteiger charge is 2.54. The summed E-state index contributed by atoms with van der Waals surface area (Å²) in [4.78, 5) is 8.02. The number of hydrogen-bond donors (Lipinski definition) is 2. The molecule has 0 radical (unpaired) electrons. The van der Waals surface area contributed by atoms with E-state index in [4.69, 9.17) is 0 Å². The maximum Gasteiger partial charge on any atom is 0.152 e. The van der Waals surface area contributed by atoms with Crippen molar-refractivity contribution in [1.29, 1.82) is 0 Å². The Hall–Kier alpha value is -2.08. The van der Waals surface area contributed by atoms with Gasteiger partial charge in [0.1, 0.15) is 11.7 Å². The van der Waals surface area contributed by atoms with Gasteiger partial charge in [0, 0.05) is 23.9 Å². The molecule has 0 amide bonds. The summed E-state index contributed by atoms with van der Waals surface area (Å²) in [6.07, 6.45) is 6.59. The zero-order chi connectivity index (χ0) is 13.9. The highest BCUT2D eigenvalue weighted by atomic mass is 32.1. The van der Waals surface area contributed by atoms with E-state index in [2.05, 4.69) is 55.1 Å². The van der Waals surface area contributed by atoms with Gasteiger partial charge in [-0.15, -0.1) is 11.3 Å². The first kappa shape index (κ1) is 11.6. The molecule has 0 bridgehead atoms. The average molecular weight is 297 g/mol. The second-order valence-corrected chi connectivity index (χ2v) is 6.81. The van der Waals surface area contributed by atoms with Crippen LogP contribution in [0.3, 0.4) is 0 Å². The zero-order valence-electron chi connectivity index (χ0n) is 11.4. The molecular weight excluding hydrogens is 282 g/mol. The largest absolute Gasteiger partial charge is 0.341 e. The molecule has 0 spiro atoms. The van der Waals surface area contributed by atoms with Crippen LogP contribution in [0.5, 0.6) is 0 Å². The molecule has 5 rings (SSSR count). The van der Waals surface area contributed by atoms with Gasteiger partial charge in [-0.05, 0) is 30.4 Å². The second kappa shape index (κ2) is 3.98. The molecule has 2 N–H and O–H groups in total. The van der Waals surface area contributed by atoms with Crippen molar-refractivity contribution in [3.8, 4) is 0 Å². The number of nitrogens with one attached hydrogen (secondary N) is 2. The van der Waals surface area contributed by atoms with Crippen molar-refractivity contribution in [2.45, 2.75) is 24.4 Å². The fourth-order valence-corrected chi connectivity index (χ4v) is 3.62. The number of amidine groups is 1. The summed E-state index contributed by atoms with van der Waals surface area (Å²) in [5.41, 5.74) is 1.12. The predicted octanol–water partition coefficient (Wildman–Crippen LogP) is 2.75. The lowest BCUT2D eigenvalue weighted by molar-refractivity contribution is 0.667. The lowest BCUT2D eigenvalue weighted by Gasteiger charge is -2.19. The molecule has 3 aliphatic rings. The van der Waals surface area contributed by atoms with Crippen molar-refractivity contribution in [2.24, 2.45) is 4.99 Å². The third-order valence-electron chi connectivity index (χ3n) is 4.28. The van der Waals surface area contributed by atoms with Gasteiger partial charge >= 0.3 is 0 Å². The Morgan fingerprint density at radius 2 is 2.38 bits per heavy atom. The van der Waals surface area contributed by atoms with E-state index >= 15 is 0 Å². The molecule has 4 heterocycles. The van der Waals surface area contributed by atoms with E-state index in [0.717, 1.165) is 18.2 Å². The van der Waals surface area contributed by atoms with Gasteiger partial charge in [-0.3, -0.25) is 5.10 Å². The molecule has 1 unspecified atom stereocenters. The van der Waals surface area contributed by atoms with Gasteiger partial charge in [-0.25, -0.2) is 4.99 Å². The van der Waals surface area contributed by atoms with E-state index in [1.807, 2.05) is 6.20 Å². The van der Waals surface area contributed by atoms with Crippen LogP contribution in [0.4, 0.5) is 5.82 Å². The number of nitrogens with zero attached hydrogens (tertiary/aromatic N) is 3. The van der Waals surface area contributed by atoms with Gasteiger partial charge in [0.2, 0.25) is 0 Å². The standard InChI is InChI=1S/C15H15N5S/c1-2-12(21-7-1)14-16-6-5-15(9-20(14)15)17-13-8-11(18-19-13)10-3-4-10/h1-2,5-8,10H,3-4,9H2,(H2,17,18,19). The Labute approximate surface area is 126 Å². The summed E-state index contributed by atoms with van der Waals surface area (Å²) in [6, 6.07) is 6.33. The summed E-state index contributed by atoms with van der Waals surface area (Å²) < 4.78 is 0. The van der Waals surface area contributed by atoms with Crippen LogP contribution in [0.1, 0.15) is 29.3 Å².